The summed E-state index contributed by atoms with van der Waals surface area (Å²) in [6.45, 7) is 0. The molecule has 0 spiro atoms. The van der Waals surface area contributed by atoms with Gasteiger partial charge in [-0.3, -0.25) is 20.4 Å². The van der Waals surface area contributed by atoms with Gasteiger partial charge in [-0.1, -0.05) is 24.6 Å². The monoisotopic (exact) mass is 410 g/mol. The molecule has 4 rings (SSSR count). The van der Waals surface area contributed by atoms with Crippen LogP contribution in [-0.2, 0) is 24.1 Å². The van der Waals surface area contributed by atoms with Gasteiger partial charge >= 0.3 is 0 Å². The van der Waals surface area contributed by atoms with E-state index in [-0.39, 0.29) is 18.2 Å². The van der Waals surface area contributed by atoms with Gasteiger partial charge in [-0.2, -0.15) is 0 Å². The highest BCUT2D eigenvalue weighted by Gasteiger charge is 2.17. The molecule has 2 N–H and O–H groups in total. The van der Waals surface area contributed by atoms with Crippen molar-refractivity contribution < 1.29 is 14.0 Å². The van der Waals surface area contributed by atoms with E-state index in [1.54, 1.807) is 0 Å². The minimum absolute atomic E-state index is 0.137. The summed E-state index contributed by atoms with van der Waals surface area (Å²) >= 11 is 1.52. The van der Waals surface area contributed by atoms with Gasteiger partial charge in [0.25, 0.3) is 5.91 Å². The molecule has 0 radical (unpaired) electrons. The quantitative estimate of drug-likeness (QED) is 0.496. The smallest absolute Gasteiger partial charge is 0.279 e. The lowest BCUT2D eigenvalue weighted by Crippen LogP contribution is -2.41. The molecule has 150 valence electrons. The van der Waals surface area contributed by atoms with Gasteiger partial charge in [-0.05, 0) is 49.4 Å². The Bertz CT molecular complexity index is 973. The lowest BCUT2D eigenvalue weighted by atomic mass is 10.1. The van der Waals surface area contributed by atoms with Gasteiger partial charge in [0.15, 0.2) is 0 Å². The second kappa shape index (κ2) is 9.00. The van der Waals surface area contributed by atoms with E-state index in [0.29, 0.717) is 23.1 Å². The number of carbonyl (C=O) groups excluding carboxylic acids is 2. The van der Waals surface area contributed by atoms with E-state index in [1.807, 2.05) is 36.4 Å². The Labute approximate surface area is 172 Å². The molecule has 3 aromatic rings. The lowest BCUT2D eigenvalue weighted by Gasteiger charge is -2.05. The van der Waals surface area contributed by atoms with E-state index in [2.05, 4.69) is 21.0 Å². The fraction of sp³-hybridized carbons (Fsp3) is 0.333. The molecule has 2 amide bonds. The van der Waals surface area contributed by atoms with Crippen LogP contribution >= 0.6 is 11.3 Å². The molecule has 2 aromatic heterocycles. The number of aryl methyl sites for hydroxylation is 3. The number of thiophene rings is 1. The average Bonchev–Trinajstić information content (AvgIpc) is 3.33. The normalized spacial score (nSPS) is 13.4. The molecule has 0 aliphatic heterocycles. The summed E-state index contributed by atoms with van der Waals surface area (Å²) in [4.78, 5) is 26.3. The molecule has 0 saturated carbocycles. The van der Waals surface area contributed by atoms with E-state index in [1.165, 1.54) is 41.0 Å². The third kappa shape index (κ3) is 4.89. The number of nitrogens with zero attached hydrogens (tertiary/aromatic N) is 2. The molecule has 0 fully saturated rings. The predicted molar refractivity (Wildman–Crippen MR) is 109 cm³/mol. The van der Waals surface area contributed by atoms with Crippen LogP contribution in [0.1, 0.15) is 51.7 Å². The van der Waals surface area contributed by atoms with Crippen molar-refractivity contribution in [2.24, 2.45) is 0 Å². The zero-order valence-corrected chi connectivity index (χ0v) is 16.8. The van der Waals surface area contributed by atoms with Gasteiger partial charge < -0.3 is 4.42 Å². The standard InChI is InChI=1S/C21H22N4O3S/c26-18(11-12-19-23-25-21(28-19)14-7-3-1-4-8-14)22-24-20(27)17-13-15-9-5-2-6-10-16(15)29-17/h1,3-4,7-8,13H,2,5-6,9-12H2,(H,22,26)(H,24,27). The Hall–Kier alpha value is -3.00. The minimum atomic E-state index is -0.309. The number of rotatable bonds is 5. The van der Waals surface area contributed by atoms with Crippen molar-refractivity contribution in [3.63, 3.8) is 0 Å². The van der Waals surface area contributed by atoms with Gasteiger partial charge in [0, 0.05) is 23.3 Å². The Morgan fingerprint density at radius 2 is 1.86 bits per heavy atom. The van der Waals surface area contributed by atoms with Crippen LogP contribution in [0.5, 0.6) is 0 Å². The van der Waals surface area contributed by atoms with Gasteiger partial charge in [-0.15, -0.1) is 21.5 Å². The van der Waals surface area contributed by atoms with E-state index < -0.39 is 0 Å². The molecule has 8 heteroatoms. The van der Waals surface area contributed by atoms with Crippen LogP contribution in [-0.4, -0.2) is 22.0 Å². The van der Waals surface area contributed by atoms with Crippen LogP contribution in [0.2, 0.25) is 0 Å². The Morgan fingerprint density at radius 1 is 1.03 bits per heavy atom. The highest BCUT2D eigenvalue weighted by molar-refractivity contribution is 7.14. The Kier molecular flexibility index (Phi) is 6.00. The molecule has 29 heavy (non-hydrogen) atoms. The van der Waals surface area contributed by atoms with E-state index in [4.69, 9.17) is 4.42 Å². The highest BCUT2D eigenvalue weighted by Crippen LogP contribution is 2.28. The zero-order chi connectivity index (χ0) is 20.1. The van der Waals surface area contributed by atoms with Crippen molar-refractivity contribution in [1.29, 1.82) is 0 Å². The third-order valence-corrected chi connectivity index (χ3v) is 6.08. The van der Waals surface area contributed by atoms with Crippen molar-refractivity contribution in [1.82, 2.24) is 21.0 Å². The van der Waals surface area contributed by atoms with Crippen molar-refractivity contribution in [3.05, 3.63) is 57.6 Å². The van der Waals surface area contributed by atoms with Crippen LogP contribution in [0.15, 0.2) is 40.8 Å². The van der Waals surface area contributed by atoms with Crippen LogP contribution in [0.3, 0.4) is 0 Å². The maximum absolute atomic E-state index is 12.3. The summed E-state index contributed by atoms with van der Waals surface area (Å²) in [5, 5.41) is 7.97. The first-order chi connectivity index (χ1) is 14.2. The Balaban J connectivity index is 1.25. The summed E-state index contributed by atoms with van der Waals surface area (Å²) in [7, 11) is 0. The molecule has 7 nitrogen and oxygen atoms in total. The molecular formula is C21H22N4O3S. The highest BCUT2D eigenvalue weighted by atomic mass is 32.1. The number of carbonyl (C=O) groups is 2. The molecule has 0 saturated heterocycles. The first-order valence-corrected chi connectivity index (χ1v) is 10.6. The maximum atomic E-state index is 12.3. The third-order valence-electron chi connectivity index (χ3n) is 4.84. The number of aromatic nitrogens is 2. The molecular weight excluding hydrogens is 388 g/mol. The number of fused-ring (bicyclic) bond motifs is 1. The van der Waals surface area contributed by atoms with E-state index in [9.17, 15) is 9.59 Å². The second-order valence-corrected chi connectivity index (χ2v) is 8.13. The van der Waals surface area contributed by atoms with Crippen molar-refractivity contribution in [3.8, 4) is 11.5 Å². The van der Waals surface area contributed by atoms with Crippen molar-refractivity contribution in [2.75, 3.05) is 0 Å². The summed E-state index contributed by atoms with van der Waals surface area (Å²) in [6, 6.07) is 11.4. The predicted octanol–water partition coefficient (Wildman–Crippen LogP) is 3.46. The minimum Gasteiger partial charge on any atom is -0.421 e. The molecule has 0 atom stereocenters. The van der Waals surface area contributed by atoms with Crippen LogP contribution in [0, 0.1) is 0 Å². The largest absolute Gasteiger partial charge is 0.421 e. The molecule has 0 bridgehead atoms. The van der Waals surface area contributed by atoms with Crippen molar-refractivity contribution in [2.45, 2.75) is 44.9 Å². The molecule has 2 heterocycles. The van der Waals surface area contributed by atoms with Crippen LogP contribution in [0.25, 0.3) is 11.5 Å². The lowest BCUT2D eigenvalue weighted by molar-refractivity contribution is -0.121. The first kappa shape index (κ1) is 19.3. The number of hydrogen-bond donors (Lipinski definition) is 2. The number of amides is 2. The number of hydrazine groups is 1. The summed E-state index contributed by atoms with van der Waals surface area (Å²) in [5.41, 5.74) is 7.06. The molecule has 1 aliphatic carbocycles. The van der Waals surface area contributed by atoms with Gasteiger partial charge in [-0.25, -0.2) is 0 Å². The van der Waals surface area contributed by atoms with Gasteiger partial charge in [0.1, 0.15) is 0 Å². The summed E-state index contributed by atoms with van der Waals surface area (Å²) in [6.07, 6.45) is 6.09. The second-order valence-electron chi connectivity index (χ2n) is 6.99. The molecule has 1 aromatic carbocycles. The van der Waals surface area contributed by atoms with Crippen molar-refractivity contribution >= 4 is 23.2 Å². The maximum Gasteiger partial charge on any atom is 0.279 e. The molecule has 0 unspecified atom stereocenters. The fourth-order valence-corrected chi connectivity index (χ4v) is 4.45. The van der Waals surface area contributed by atoms with Gasteiger partial charge in [0.05, 0.1) is 4.88 Å². The van der Waals surface area contributed by atoms with Crippen LogP contribution < -0.4 is 10.9 Å². The SMILES string of the molecule is O=C(CCc1nnc(-c2ccccc2)o1)NNC(=O)c1cc2c(s1)CCCCC2. The number of hydrogen-bond acceptors (Lipinski definition) is 6. The topological polar surface area (TPSA) is 97.1 Å². The van der Waals surface area contributed by atoms with E-state index >= 15 is 0 Å². The zero-order valence-electron chi connectivity index (χ0n) is 15.9. The fourth-order valence-electron chi connectivity index (χ4n) is 3.30. The first-order valence-electron chi connectivity index (χ1n) is 9.77. The average molecular weight is 410 g/mol. The number of benzene rings is 1. The van der Waals surface area contributed by atoms with E-state index in [0.717, 1.165) is 18.4 Å². The molecule has 1 aliphatic rings. The summed E-state index contributed by atoms with van der Waals surface area (Å²) in [5.74, 6) is 0.218. The number of nitrogens with one attached hydrogen (secondary N) is 2. The Morgan fingerprint density at radius 3 is 2.72 bits per heavy atom. The summed E-state index contributed by atoms with van der Waals surface area (Å²) < 4.78 is 5.58. The van der Waals surface area contributed by atoms with Gasteiger partial charge in [0.2, 0.25) is 17.7 Å². The van der Waals surface area contributed by atoms with Crippen LogP contribution in [0.4, 0.5) is 0 Å².